The Morgan fingerprint density at radius 1 is 0.741 bits per heavy atom. The maximum absolute atomic E-state index is 5.66. The topological polar surface area (TPSA) is 138 Å². The molecule has 0 spiro atoms. The molecular formula is C41H58ClN15Os+. The minimum absolute atomic E-state index is 0.380. The van der Waals surface area contributed by atoms with Crippen LogP contribution in [-0.2, 0) is 24.1 Å². The van der Waals surface area contributed by atoms with Crippen LogP contribution in [0.2, 0.25) is 0 Å². The van der Waals surface area contributed by atoms with Crippen LogP contribution in [-0.4, -0.2) is 87.9 Å². The number of pyridine rings is 2. The van der Waals surface area contributed by atoms with Crippen LogP contribution in [0.1, 0.15) is 62.4 Å². The Labute approximate surface area is 357 Å². The monoisotopic (exact) mass is 987 g/mol. The van der Waals surface area contributed by atoms with Crippen LogP contribution in [0, 0.1) is 13.8 Å². The molecule has 15 nitrogen and oxygen atoms in total. The van der Waals surface area contributed by atoms with E-state index in [9.17, 15) is 0 Å². The molecule has 0 aromatic carbocycles. The molecule has 3 atom stereocenters. The van der Waals surface area contributed by atoms with Crippen molar-refractivity contribution in [2.24, 2.45) is 5.73 Å². The fourth-order valence-corrected chi connectivity index (χ4v) is 6.29. The quantitative estimate of drug-likeness (QED) is 0.124. The summed E-state index contributed by atoms with van der Waals surface area (Å²) in [4.78, 5) is 21.1. The Kier molecular flexibility index (Phi) is 18.3. The molecule has 0 saturated heterocycles. The first-order valence-corrected chi connectivity index (χ1v) is 22.3. The summed E-state index contributed by atoms with van der Waals surface area (Å²) in [5, 5.41) is 8.44. The number of aryl methyl sites for hydroxylation is 2. The number of nitrogens with zero attached hydrogens (tertiary/aromatic N) is 14. The fourth-order valence-electron chi connectivity index (χ4n) is 6.29. The second-order valence-corrected chi connectivity index (χ2v) is 14.4. The van der Waals surface area contributed by atoms with Crippen molar-refractivity contribution in [1.29, 1.82) is 0 Å². The van der Waals surface area contributed by atoms with E-state index in [0.29, 0.717) is 24.7 Å². The summed E-state index contributed by atoms with van der Waals surface area (Å²) in [7, 11) is 12.7. The van der Waals surface area contributed by atoms with Gasteiger partial charge in [0.05, 0.1) is 31.1 Å². The number of rotatable bonds is 14. The van der Waals surface area contributed by atoms with Crippen molar-refractivity contribution < 1.29 is 22.2 Å². The van der Waals surface area contributed by atoms with Gasteiger partial charge in [0, 0.05) is 126 Å². The average molecular weight is 987 g/mol. The third-order valence-corrected chi connectivity index (χ3v) is 9.51. The van der Waals surface area contributed by atoms with E-state index in [2.05, 4.69) is 103 Å². The van der Waals surface area contributed by atoms with Crippen LogP contribution < -0.4 is 20.1 Å². The first kappa shape index (κ1) is 45.5. The number of hydrogen-bond acceptors (Lipinski definition) is 9. The van der Waals surface area contributed by atoms with Crippen molar-refractivity contribution in [3.8, 4) is 11.6 Å². The Morgan fingerprint density at radius 2 is 1.26 bits per heavy atom. The van der Waals surface area contributed by atoms with E-state index >= 15 is 0 Å². The Bertz CT molecular complexity index is 2070. The summed E-state index contributed by atoms with van der Waals surface area (Å²) in [6.45, 7) is 10.0. The zero-order valence-corrected chi connectivity index (χ0v) is 38.1. The number of hydrogen-bond donors (Lipinski definition) is 1. The summed E-state index contributed by atoms with van der Waals surface area (Å²) in [6.07, 6.45) is 32.4. The molecule has 2 N–H and O–H groups in total. The van der Waals surface area contributed by atoms with E-state index in [1.54, 1.807) is 21.8 Å². The van der Waals surface area contributed by atoms with Crippen LogP contribution in [0.4, 0.5) is 11.4 Å². The molecule has 0 amide bonds. The molecule has 7 aromatic rings. The third kappa shape index (κ3) is 13.5. The molecule has 0 saturated carbocycles. The molecule has 0 bridgehead atoms. The molecule has 7 heterocycles. The van der Waals surface area contributed by atoms with E-state index in [-0.39, 0.29) is 0 Å². The summed E-state index contributed by atoms with van der Waals surface area (Å²) in [5.74, 6) is 1.68. The van der Waals surface area contributed by atoms with Gasteiger partial charge in [0.25, 0.3) is 0 Å². The van der Waals surface area contributed by atoms with Crippen molar-refractivity contribution >= 4 is 21.0 Å². The number of imidazole rings is 3. The molecule has 58 heavy (non-hydrogen) atoms. The number of anilines is 2. The van der Waals surface area contributed by atoms with Gasteiger partial charge < -0.3 is 24.7 Å². The van der Waals surface area contributed by atoms with E-state index in [1.165, 1.54) is 17.6 Å². The van der Waals surface area contributed by atoms with Gasteiger partial charge in [-0.15, -0.1) is 0 Å². The Hall–Kier alpha value is -5.16. The molecule has 311 valence electrons. The predicted octanol–water partition coefficient (Wildman–Crippen LogP) is 6.33. The summed E-state index contributed by atoms with van der Waals surface area (Å²) >= 11 is 1.33. The summed E-state index contributed by atoms with van der Waals surface area (Å²) in [6, 6.07) is 9.16. The fraction of sp³-hybridized carbons (Fsp3) is 0.390. The van der Waals surface area contributed by atoms with Crippen LogP contribution >= 0.6 is 9.64 Å². The Balaban J connectivity index is 0.000000200. The normalized spacial score (nSPS) is 12.2. The molecule has 17 heteroatoms. The predicted molar refractivity (Wildman–Crippen MR) is 227 cm³/mol. The van der Waals surface area contributed by atoms with E-state index < -0.39 is 0 Å². The summed E-state index contributed by atoms with van der Waals surface area (Å²) in [5.41, 5.74) is 10.2. The van der Waals surface area contributed by atoms with Crippen LogP contribution in [0.25, 0.3) is 11.6 Å². The SMILES string of the molecule is CCC(CC(CC(C)n1cc[n+](CCN)c1)n1ccnc1)n1ccnc1.Cc1cnn(-c2cc(N(C)C)ccn2)c1.Cc1cnn(-c2cc(N(C)C)ccn2)c1.[Cl][Os]. The number of aromatic nitrogens is 12. The van der Waals surface area contributed by atoms with Gasteiger partial charge in [0.15, 0.2) is 11.6 Å². The van der Waals surface area contributed by atoms with Crippen molar-refractivity contribution in [2.45, 2.75) is 71.6 Å². The van der Waals surface area contributed by atoms with Gasteiger partial charge in [0.2, 0.25) is 6.33 Å². The summed E-state index contributed by atoms with van der Waals surface area (Å²) < 4.78 is 12.4. The number of halogens is 1. The first-order chi connectivity index (χ1) is 28.0. The average Bonchev–Trinajstić information content (AvgIpc) is 4.10. The van der Waals surface area contributed by atoms with Crippen LogP contribution in [0.15, 0.2) is 118 Å². The molecule has 0 aliphatic heterocycles. The second kappa shape index (κ2) is 23.3. The molecule has 0 fully saturated rings. The third-order valence-electron chi connectivity index (χ3n) is 9.51. The maximum atomic E-state index is 5.66. The van der Waals surface area contributed by atoms with Gasteiger partial charge in [-0.3, -0.25) is 0 Å². The van der Waals surface area contributed by atoms with Gasteiger partial charge in [-0.05, 0) is 56.9 Å². The van der Waals surface area contributed by atoms with Gasteiger partial charge in [-0.1, -0.05) is 6.92 Å². The molecular weight excluding hydrogens is 928 g/mol. The molecule has 3 unspecified atom stereocenters. The first-order valence-electron chi connectivity index (χ1n) is 19.2. The van der Waals surface area contributed by atoms with E-state index in [4.69, 9.17) is 5.73 Å². The van der Waals surface area contributed by atoms with Gasteiger partial charge in [-0.25, -0.2) is 38.4 Å². The van der Waals surface area contributed by atoms with Crippen LogP contribution in [0.5, 0.6) is 0 Å². The zero-order valence-electron chi connectivity index (χ0n) is 34.8. The molecule has 7 rings (SSSR count). The van der Waals surface area contributed by atoms with Crippen molar-refractivity contribution in [2.75, 3.05) is 44.5 Å². The van der Waals surface area contributed by atoms with Gasteiger partial charge >= 0.3 is 27.2 Å². The standard InChI is InChI=1S/C19H30N7.2C11H14N4.ClH.Os/c1-3-18(24-8-5-21-14-24)13-19(25-9-6-22-15-25)12-17(2)26-11-10-23(16-26)7-4-20;2*1-9-7-13-15(8-9)11-6-10(14(2)3)4-5-12-11;;/h5-6,8-11,14-19H,3-4,7,12-13,20H2,1-2H3;2*4-8H,1-3H3;1H;/q+1;;;;+1/p-1. The van der Waals surface area contributed by atoms with Crippen LogP contribution in [0.3, 0.4) is 0 Å². The minimum atomic E-state index is 0.380. The molecule has 7 aromatic heterocycles. The van der Waals surface area contributed by atoms with Crippen molar-refractivity contribution in [3.05, 3.63) is 129 Å². The molecule has 0 aliphatic carbocycles. The Morgan fingerprint density at radius 3 is 1.67 bits per heavy atom. The van der Waals surface area contributed by atoms with Crippen molar-refractivity contribution in [3.63, 3.8) is 0 Å². The van der Waals surface area contributed by atoms with Crippen molar-refractivity contribution in [1.82, 2.24) is 53.2 Å². The van der Waals surface area contributed by atoms with Gasteiger partial charge in [-0.2, -0.15) is 10.2 Å². The van der Waals surface area contributed by atoms with E-state index in [0.717, 1.165) is 59.9 Å². The number of nitrogens with two attached hydrogens (primary N) is 1. The molecule has 0 aliphatic rings. The van der Waals surface area contributed by atoms with Gasteiger partial charge in [0.1, 0.15) is 18.9 Å². The molecule has 0 radical (unpaired) electrons. The van der Waals surface area contributed by atoms with E-state index in [1.807, 2.05) is 126 Å². The zero-order chi connectivity index (χ0) is 42.0. The second-order valence-electron chi connectivity index (χ2n) is 14.4.